The number of thiazole rings is 1. The van der Waals surface area contributed by atoms with E-state index in [0.717, 1.165) is 11.4 Å². The van der Waals surface area contributed by atoms with E-state index in [-0.39, 0.29) is 11.9 Å². The van der Waals surface area contributed by atoms with E-state index in [1.807, 2.05) is 13.8 Å². The molecule has 1 aromatic heterocycles. The first-order valence-corrected chi connectivity index (χ1v) is 5.50. The lowest BCUT2D eigenvalue weighted by molar-refractivity contribution is 0.0935. The van der Waals surface area contributed by atoms with E-state index >= 15 is 0 Å². The maximum absolute atomic E-state index is 11.5. The standard InChI is InChI=1S/C9H15N3OS/c1-3-6(2)11-9(13)7-5-14-8(4-10)12-7/h5-6H,3-4,10H2,1-2H3,(H,11,13). The van der Waals surface area contributed by atoms with Crippen LogP contribution in [0.1, 0.15) is 35.8 Å². The van der Waals surface area contributed by atoms with Gasteiger partial charge in [0.25, 0.3) is 5.91 Å². The highest BCUT2D eigenvalue weighted by molar-refractivity contribution is 7.09. The Bertz CT molecular complexity index is 311. The van der Waals surface area contributed by atoms with Crippen molar-refractivity contribution in [1.29, 1.82) is 0 Å². The van der Waals surface area contributed by atoms with E-state index in [2.05, 4.69) is 10.3 Å². The molecule has 78 valence electrons. The lowest BCUT2D eigenvalue weighted by Crippen LogP contribution is -2.32. The summed E-state index contributed by atoms with van der Waals surface area (Å²) in [4.78, 5) is 15.6. The molecule has 0 fully saturated rings. The van der Waals surface area contributed by atoms with Crippen LogP contribution in [0.15, 0.2) is 5.38 Å². The first kappa shape index (κ1) is 11.1. The van der Waals surface area contributed by atoms with Crippen LogP contribution < -0.4 is 11.1 Å². The summed E-state index contributed by atoms with van der Waals surface area (Å²) in [6, 6.07) is 0.186. The molecule has 0 saturated carbocycles. The van der Waals surface area contributed by atoms with Crippen molar-refractivity contribution in [3.63, 3.8) is 0 Å². The minimum atomic E-state index is -0.115. The van der Waals surface area contributed by atoms with Crippen molar-refractivity contribution in [2.45, 2.75) is 32.9 Å². The average molecular weight is 213 g/mol. The third-order valence-corrected chi connectivity index (χ3v) is 2.82. The van der Waals surface area contributed by atoms with Gasteiger partial charge in [0.2, 0.25) is 0 Å². The molecule has 1 unspecified atom stereocenters. The summed E-state index contributed by atoms with van der Waals surface area (Å²) in [5, 5.41) is 5.37. The fraction of sp³-hybridized carbons (Fsp3) is 0.556. The number of hydrogen-bond acceptors (Lipinski definition) is 4. The Morgan fingerprint density at radius 3 is 3.00 bits per heavy atom. The minimum Gasteiger partial charge on any atom is -0.348 e. The molecule has 1 atom stereocenters. The molecule has 5 heteroatoms. The molecule has 0 spiro atoms. The van der Waals surface area contributed by atoms with Gasteiger partial charge in [0.05, 0.1) is 0 Å². The molecule has 0 aromatic carbocycles. The monoisotopic (exact) mass is 213 g/mol. The Balaban J connectivity index is 2.60. The molecular formula is C9H15N3OS. The normalized spacial score (nSPS) is 12.5. The van der Waals surface area contributed by atoms with Crippen molar-refractivity contribution in [2.24, 2.45) is 5.73 Å². The van der Waals surface area contributed by atoms with Crippen molar-refractivity contribution >= 4 is 17.2 Å². The quantitative estimate of drug-likeness (QED) is 0.787. The summed E-state index contributed by atoms with van der Waals surface area (Å²) in [6.45, 7) is 4.38. The van der Waals surface area contributed by atoms with Crippen molar-refractivity contribution in [1.82, 2.24) is 10.3 Å². The number of amides is 1. The van der Waals surface area contributed by atoms with Gasteiger partial charge in [-0.05, 0) is 13.3 Å². The molecule has 0 bridgehead atoms. The predicted octanol–water partition coefficient (Wildman–Crippen LogP) is 1.13. The van der Waals surface area contributed by atoms with Crippen LogP contribution in [0.3, 0.4) is 0 Å². The zero-order chi connectivity index (χ0) is 10.6. The molecule has 14 heavy (non-hydrogen) atoms. The van der Waals surface area contributed by atoms with E-state index in [4.69, 9.17) is 5.73 Å². The average Bonchev–Trinajstić information content (AvgIpc) is 2.65. The third kappa shape index (κ3) is 2.78. The summed E-state index contributed by atoms with van der Waals surface area (Å²) in [7, 11) is 0. The van der Waals surface area contributed by atoms with Crippen molar-refractivity contribution in [3.8, 4) is 0 Å². The van der Waals surface area contributed by atoms with Crippen molar-refractivity contribution < 1.29 is 4.79 Å². The van der Waals surface area contributed by atoms with E-state index in [1.54, 1.807) is 5.38 Å². The van der Waals surface area contributed by atoms with Crippen LogP contribution in [0, 0.1) is 0 Å². The number of rotatable bonds is 4. The van der Waals surface area contributed by atoms with Gasteiger partial charge in [-0.25, -0.2) is 4.98 Å². The highest BCUT2D eigenvalue weighted by Gasteiger charge is 2.11. The van der Waals surface area contributed by atoms with Gasteiger partial charge in [0.15, 0.2) is 0 Å². The second-order valence-electron chi connectivity index (χ2n) is 3.11. The van der Waals surface area contributed by atoms with Gasteiger partial charge >= 0.3 is 0 Å². The van der Waals surface area contributed by atoms with Crippen LogP contribution in [-0.2, 0) is 6.54 Å². The first-order chi connectivity index (χ1) is 6.67. The van der Waals surface area contributed by atoms with Gasteiger partial charge < -0.3 is 11.1 Å². The molecule has 1 amide bonds. The number of nitrogens with zero attached hydrogens (tertiary/aromatic N) is 1. The fourth-order valence-electron chi connectivity index (χ4n) is 0.909. The van der Waals surface area contributed by atoms with Gasteiger partial charge in [0.1, 0.15) is 10.7 Å². The number of carbonyl (C=O) groups is 1. The van der Waals surface area contributed by atoms with Crippen LogP contribution in [0.2, 0.25) is 0 Å². The molecule has 1 rings (SSSR count). The topological polar surface area (TPSA) is 68.0 Å². The van der Waals surface area contributed by atoms with Gasteiger partial charge in [0, 0.05) is 18.0 Å². The Hall–Kier alpha value is -0.940. The number of carbonyl (C=O) groups excluding carboxylic acids is 1. The highest BCUT2D eigenvalue weighted by atomic mass is 32.1. The van der Waals surface area contributed by atoms with Crippen LogP contribution in [0.4, 0.5) is 0 Å². The van der Waals surface area contributed by atoms with Gasteiger partial charge in [-0.3, -0.25) is 4.79 Å². The zero-order valence-corrected chi connectivity index (χ0v) is 9.23. The summed E-state index contributed by atoms with van der Waals surface area (Å²) < 4.78 is 0. The molecule has 1 aromatic rings. The molecule has 0 saturated heterocycles. The van der Waals surface area contributed by atoms with Crippen LogP contribution in [-0.4, -0.2) is 16.9 Å². The smallest absolute Gasteiger partial charge is 0.270 e. The van der Waals surface area contributed by atoms with Crippen LogP contribution >= 0.6 is 11.3 Å². The van der Waals surface area contributed by atoms with E-state index in [9.17, 15) is 4.79 Å². The molecule has 0 aliphatic heterocycles. The maximum Gasteiger partial charge on any atom is 0.270 e. The number of aromatic nitrogens is 1. The molecule has 0 radical (unpaired) electrons. The lowest BCUT2D eigenvalue weighted by atomic mass is 10.2. The Morgan fingerprint density at radius 1 is 1.79 bits per heavy atom. The Labute approximate surface area is 87.5 Å². The summed E-state index contributed by atoms with van der Waals surface area (Å²) >= 11 is 1.42. The number of nitrogens with one attached hydrogen (secondary N) is 1. The maximum atomic E-state index is 11.5. The molecule has 1 heterocycles. The summed E-state index contributed by atoms with van der Waals surface area (Å²) in [5.41, 5.74) is 5.88. The second-order valence-corrected chi connectivity index (χ2v) is 4.06. The lowest BCUT2D eigenvalue weighted by Gasteiger charge is -2.09. The molecule has 4 nitrogen and oxygen atoms in total. The predicted molar refractivity (Wildman–Crippen MR) is 57.2 cm³/mol. The van der Waals surface area contributed by atoms with Crippen molar-refractivity contribution in [2.75, 3.05) is 0 Å². The Kier molecular flexibility index (Phi) is 4.03. The first-order valence-electron chi connectivity index (χ1n) is 4.62. The Morgan fingerprint density at radius 2 is 2.50 bits per heavy atom. The summed E-state index contributed by atoms with van der Waals surface area (Å²) in [6.07, 6.45) is 0.916. The number of nitrogens with two attached hydrogens (primary N) is 1. The van der Waals surface area contributed by atoms with Gasteiger partial charge in [-0.15, -0.1) is 11.3 Å². The second kappa shape index (κ2) is 5.07. The van der Waals surface area contributed by atoms with Crippen LogP contribution in [0.5, 0.6) is 0 Å². The number of hydrogen-bond donors (Lipinski definition) is 2. The van der Waals surface area contributed by atoms with Gasteiger partial charge in [-0.2, -0.15) is 0 Å². The SMILES string of the molecule is CCC(C)NC(=O)c1csc(CN)n1. The van der Waals surface area contributed by atoms with Crippen molar-refractivity contribution in [3.05, 3.63) is 16.1 Å². The van der Waals surface area contributed by atoms with E-state index in [0.29, 0.717) is 12.2 Å². The van der Waals surface area contributed by atoms with E-state index in [1.165, 1.54) is 11.3 Å². The molecule has 0 aliphatic carbocycles. The minimum absolute atomic E-state index is 0.115. The van der Waals surface area contributed by atoms with Gasteiger partial charge in [-0.1, -0.05) is 6.92 Å². The zero-order valence-electron chi connectivity index (χ0n) is 8.41. The molecule has 3 N–H and O–H groups in total. The molecular weight excluding hydrogens is 198 g/mol. The fourth-order valence-corrected chi connectivity index (χ4v) is 1.56. The van der Waals surface area contributed by atoms with E-state index < -0.39 is 0 Å². The third-order valence-electron chi connectivity index (χ3n) is 1.95. The molecule has 0 aliphatic rings. The largest absolute Gasteiger partial charge is 0.348 e. The summed E-state index contributed by atoms with van der Waals surface area (Å²) in [5.74, 6) is -0.115. The van der Waals surface area contributed by atoms with Crippen LogP contribution in [0.25, 0.3) is 0 Å². The highest BCUT2D eigenvalue weighted by Crippen LogP contribution is 2.08.